The van der Waals surface area contributed by atoms with E-state index in [4.69, 9.17) is 0 Å². The molecule has 0 N–H and O–H groups in total. The van der Waals surface area contributed by atoms with Crippen molar-refractivity contribution >= 4 is 11.7 Å². The molecule has 0 spiro atoms. The second-order valence-electron chi connectivity index (χ2n) is 7.72. The largest absolute Gasteiger partial charge is 0.338 e. The summed E-state index contributed by atoms with van der Waals surface area (Å²) in [5.41, 5.74) is 2.78. The Morgan fingerprint density at radius 3 is 2.61 bits per heavy atom. The van der Waals surface area contributed by atoms with Gasteiger partial charge in [-0.1, -0.05) is 54.6 Å². The van der Waals surface area contributed by atoms with Gasteiger partial charge in [0.15, 0.2) is 0 Å². The fourth-order valence-electron chi connectivity index (χ4n) is 4.03. The van der Waals surface area contributed by atoms with Crippen molar-refractivity contribution in [2.75, 3.05) is 13.1 Å². The van der Waals surface area contributed by atoms with E-state index in [-0.39, 0.29) is 29.8 Å². The standard InChI is InChI=1S/C26H21FN2O2/c27-24-11-4-3-9-22(24)19-8-5-6-18(14-19)15-25(30)21-12-13-29(17-21)26(31)23-10-2-1-7-20(23)16-28/h1-11,14,21H,12-13,15,17H2/t21-/m0/s1. The SMILES string of the molecule is N#Cc1ccccc1C(=O)N1CC[C@H](C(=O)Cc2cccc(-c3ccccc3F)c2)C1. The van der Waals surface area contributed by atoms with Gasteiger partial charge in [-0.15, -0.1) is 0 Å². The maximum Gasteiger partial charge on any atom is 0.255 e. The minimum Gasteiger partial charge on any atom is -0.338 e. The molecule has 1 aliphatic rings. The number of likely N-dealkylation sites (tertiary alicyclic amines) is 1. The van der Waals surface area contributed by atoms with Crippen molar-refractivity contribution in [2.45, 2.75) is 12.8 Å². The van der Waals surface area contributed by atoms with Crippen molar-refractivity contribution in [2.24, 2.45) is 5.92 Å². The lowest BCUT2D eigenvalue weighted by Crippen LogP contribution is -2.30. The van der Waals surface area contributed by atoms with Gasteiger partial charge >= 0.3 is 0 Å². The fraction of sp³-hybridized carbons (Fsp3) is 0.192. The van der Waals surface area contributed by atoms with E-state index in [2.05, 4.69) is 0 Å². The van der Waals surface area contributed by atoms with Crippen LogP contribution in [0.4, 0.5) is 4.39 Å². The quantitative estimate of drug-likeness (QED) is 0.613. The van der Waals surface area contributed by atoms with E-state index in [1.165, 1.54) is 6.07 Å². The van der Waals surface area contributed by atoms with Crippen LogP contribution in [0.2, 0.25) is 0 Å². The highest BCUT2D eigenvalue weighted by Gasteiger charge is 2.32. The molecule has 5 heteroatoms. The van der Waals surface area contributed by atoms with Crippen molar-refractivity contribution in [1.29, 1.82) is 5.26 Å². The Kier molecular flexibility index (Phi) is 5.90. The number of nitrogens with zero attached hydrogens (tertiary/aromatic N) is 2. The molecule has 1 amide bonds. The number of nitriles is 1. The molecule has 1 atom stereocenters. The van der Waals surface area contributed by atoms with Crippen LogP contribution < -0.4 is 0 Å². The minimum absolute atomic E-state index is 0.0644. The molecule has 1 fully saturated rings. The molecule has 1 aliphatic heterocycles. The maximum atomic E-state index is 14.1. The molecule has 0 unspecified atom stereocenters. The average molecular weight is 412 g/mol. The smallest absolute Gasteiger partial charge is 0.255 e. The topological polar surface area (TPSA) is 61.2 Å². The van der Waals surface area contributed by atoms with Crippen LogP contribution in [0.15, 0.2) is 72.8 Å². The Hall–Kier alpha value is -3.78. The summed E-state index contributed by atoms with van der Waals surface area (Å²) in [6.45, 7) is 0.842. The van der Waals surface area contributed by atoms with Crippen molar-refractivity contribution < 1.29 is 14.0 Å². The van der Waals surface area contributed by atoms with Gasteiger partial charge in [0.05, 0.1) is 17.2 Å². The zero-order valence-electron chi connectivity index (χ0n) is 16.9. The van der Waals surface area contributed by atoms with Gasteiger partial charge in [0, 0.05) is 31.0 Å². The van der Waals surface area contributed by atoms with Crippen molar-refractivity contribution in [3.05, 3.63) is 95.3 Å². The normalized spacial score (nSPS) is 15.5. The Labute approximate surface area is 180 Å². The highest BCUT2D eigenvalue weighted by molar-refractivity contribution is 5.97. The number of carbonyl (C=O) groups excluding carboxylic acids is 2. The van der Waals surface area contributed by atoms with Crippen molar-refractivity contribution in [3.63, 3.8) is 0 Å². The van der Waals surface area contributed by atoms with Gasteiger partial charge < -0.3 is 4.90 Å². The summed E-state index contributed by atoms with van der Waals surface area (Å²) in [6.07, 6.45) is 0.843. The number of benzene rings is 3. The zero-order chi connectivity index (χ0) is 21.8. The van der Waals surface area contributed by atoms with Gasteiger partial charge in [-0.05, 0) is 35.7 Å². The van der Waals surface area contributed by atoms with Crippen LogP contribution >= 0.6 is 0 Å². The highest BCUT2D eigenvalue weighted by Crippen LogP contribution is 2.26. The molecule has 0 saturated carbocycles. The van der Waals surface area contributed by atoms with Crippen LogP contribution in [-0.2, 0) is 11.2 Å². The molecule has 154 valence electrons. The Morgan fingerprint density at radius 1 is 1.03 bits per heavy atom. The number of carbonyl (C=O) groups is 2. The first-order valence-electron chi connectivity index (χ1n) is 10.2. The fourth-order valence-corrected chi connectivity index (χ4v) is 4.03. The van der Waals surface area contributed by atoms with E-state index in [1.807, 2.05) is 30.3 Å². The Bertz CT molecular complexity index is 1180. The van der Waals surface area contributed by atoms with E-state index < -0.39 is 0 Å². The summed E-state index contributed by atoms with van der Waals surface area (Å²) < 4.78 is 14.1. The molecule has 0 aromatic heterocycles. The summed E-state index contributed by atoms with van der Waals surface area (Å²) in [7, 11) is 0. The molecule has 4 rings (SSSR count). The lowest BCUT2D eigenvalue weighted by molar-refractivity contribution is -0.121. The third kappa shape index (κ3) is 4.39. The summed E-state index contributed by atoms with van der Waals surface area (Å²) >= 11 is 0. The molecular formula is C26H21FN2O2. The second-order valence-corrected chi connectivity index (χ2v) is 7.72. The van der Waals surface area contributed by atoms with E-state index >= 15 is 0 Å². The lowest BCUT2D eigenvalue weighted by Gasteiger charge is -2.17. The second kappa shape index (κ2) is 8.93. The number of hydrogen-bond donors (Lipinski definition) is 0. The first-order valence-corrected chi connectivity index (χ1v) is 10.2. The lowest BCUT2D eigenvalue weighted by atomic mass is 9.95. The number of rotatable bonds is 5. The molecule has 31 heavy (non-hydrogen) atoms. The van der Waals surface area contributed by atoms with Gasteiger partial charge in [0.2, 0.25) is 0 Å². The predicted molar refractivity (Wildman–Crippen MR) is 116 cm³/mol. The van der Waals surface area contributed by atoms with Gasteiger partial charge in [-0.25, -0.2) is 4.39 Å². The molecular weight excluding hydrogens is 391 g/mol. The third-order valence-corrected chi connectivity index (χ3v) is 5.70. The molecule has 3 aromatic rings. The summed E-state index contributed by atoms with van der Waals surface area (Å²) in [4.78, 5) is 27.4. The van der Waals surface area contributed by atoms with Gasteiger partial charge in [-0.2, -0.15) is 5.26 Å². The van der Waals surface area contributed by atoms with Crippen LogP contribution in [0.5, 0.6) is 0 Å². The Balaban J connectivity index is 1.44. The van der Waals surface area contributed by atoms with E-state index in [0.29, 0.717) is 36.2 Å². The number of hydrogen-bond acceptors (Lipinski definition) is 3. The molecule has 1 saturated heterocycles. The maximum absolute atomic E-state index is 14.1. The van der Waals surface area contributed by atoms with E-state index in [0.717, 1.165) is 11.1 Å². The number of Topliss-reactive ketones (excluding diaryl/α,β-unsaturated/α-hetero) is 1. The van der Waals surface area contributed by atoms with Crippen LogP contribution in [0, 0.1) is 23.1 Å². The molecule has 4 nitrogen and oxygen atoms in total. The summed E-state index contributed by atoms with van der Waals surface area (Å²) in [5.74, 6) is -0.688. The zero-order valence-corrected chi connectivity index (χ0v) is 16.9. The van der Waals surface area contributed by atoms with Crippen LogP contribution in [0.25, 0.3) is 11.1 Å². The van der Waals surface area contributed by atoms with E-state index in [1.54, 1.807) is 47.4 Å². The Morgan fingerprint density at radius 2 is 1.81 bits per heavy atom. The van der Waals surface area contributed by atoms with Crippen LogP contribution in [0.1, 0.15) is 27.9 Å². The van der Waals surface area contributed by atoms with Crippen LogP contribution in [0.3, 0.4) is 0 Å². The predicted octanol–water partition coefficient (Wildman–Crippen LogP) is 4.64. The number of ketones is 1. The van der Waals surface area contributed by atoms with Gasteiger partial charge in [0.25, 0.3) is 5.91 Å². The first-order chi connectivity index (χ1) is 15.1. The minimum atomic E-state index is -0.298. The number of halogens is 1. The third-order valence-electron chi connectivity index (χ3n) is 5.70. The molecule has 0 aliphatic carbocycles. The monoisotopic (exact) mass is 412 g/mol. The van der Waals surface area contributed by atoms with Crippen molar-refractivity contribution in [3.8, 4) is 17.2 Å². The number of amides is 1. The van der Waals surface area contributed by atoms with Crippen molar-refractivity contribution in [1.82, 2.24) is 4.90 Å². The first kappa shape index (κ1) is 20.5. The summed E-state index contributed by atoms with van der Waals surface area (Å²) in [6, 6.07) is 22.7. The average Bonchev–Trinajstić information content (AvgIpc) is 3.29. The van der Waals surface area contributed by atoms with Gasteiger partial charge in [-0.3, -0.25) is 9.59 Å². The molecule has 3 aromatic carbocycles. The highest BCUT2D eigenvalue weighted by atomic mass is 19.1. The summed E-state index contributed by atoms with van der Waals surface area (Å²) in [5, 5.41) is 9.24. The molecule has 0 radical (unpaired) electrons. The molecule has 1 heterocycles. The molecule has 0 bridgehead atoms. The van der Waals surface area contributed by atoms with Crippen LogP contribution in [-0.4, -0.2) is 29.7 Å². The van der Waals surface area contributed by atoms with E-state index in [9.17, 15) is 19.2 Å². The van der Waals surface area contributed by atoms with Gasteiger partial charge in [0.1, 0.15) is 11.6 Å².